The fourth-order valence-electron chi connectivity index (χ4n) is 3.59. The van der Waals surface area contributed by atoms with E-state index >= 15 is 0 Å². The Morgan fingerprint density at radius 3 is 2.36 bits per heavy atom. The van der Waals surface area contributed by atoms with Gasteiger partial charge in [0.25, 0.3) is 0 Å². The molecule has 3 aromatic carbocycles. The summed E-state index contributed by atoms with van der Waals surface area (Å²) in [5, 5.41) is 10.2. The number of para-hydroxylation sites is 1. The molecule has 0 unspecified atom stereocenters. The van der Waals surface area contributed by atoms with Gasteiger partial charge >= 0.3 is 5.97 Å². The number of hydrogen-bond donors (Lipinski definition) is 1. The summed E-state index contributed by atoms with van der Waals surface area (Å²) in [5.74, 6) is 1.83. The number of methoxy groups -OCH3 is 2. The number of aliphatic hydroxyl groups excluding tert-OH is 1. The topological polar surface area (TPSA) is 87.4 Å². The van der Waals surface area contributed by atoms with Gasteiger partial charge in [-0.05, 0) is 55.0 Å². The third-order valence-electron chi connectivity index (χ3n) is 5.09. The zero-order valence-corrected chi connectivity index (χ0v) is 18.6. The Hall–Kier alpha value is -3.97. The Bertz CT molecular complexity index is 1280. The number of carbonyl (C=O) groups is 1. The van der Waals surface area contributed by atoms with E-state index in [-0.39, 0.29) is 18.8 Å². The van der Waals surface area contributed by atoms with Crippen LogP contribution in [0.4, 0.5) is 0 Å². The molecule has 7 heteroatoms. The predicted molar refractivity (Wildman–Crippen MR) is 123 cm³/mol. The lowest BCUT2D eigenvalue weighted by Crippen LogP contribution is -2.05. The molecule has 0 atom stereocenters. The molecule has 1 N–H and O–H groups in total. The summed E-state index contributed by atoms with van der Waals surface area (Å²) in [4.78, 5) is 12.9. The number of carbonyl (C=O) groups excluding carboxylic acids is 1. The van der Waals surface area contributed by atoms with Crippen molar-refractivity contribution in [2.24, 2.45) is 0 Å². The van der Waals surface area contributed by atoms with Crippen molar-refractivity contribution in [2.75, 3.05) is 20.8 Å². The lowest BCUT2D eigenvalue weighted by Gasteiger charge is -2.12. The van der Waals surface area contributed by atoms with Crippen LogP contribution in [0, 0.1) is 0 Å². The van der Waals surface area contributed by atoms with Crippen LogP contribution in [0.5, 0.6) is 23.0 Å². The number of hydrogen-bond acceptors (Lipinski definition) is 7. The second-order valence-electron chi connectivity index (χ2n) is 7.14. The molecule has 4 aromatic rings. The molecule has 0 radical (unpaired) electrons. The van der Waals surface area contributed by atoms with E-state index in [9.17, 15) is 9.90 Å². The van der Waals surface area contributed by atoms with Crippen molar-refractivity contribution in [1.82, 2.24) is 0 Å². The van der Waals surface area contributed by atoms with Gasteiger partial charge in [-0.2, -0.15) is 0 Å². The highest BCUT2D eigenvalue weighted by Gasteiger charge is 2.26. The second kappa shape index (κ2) is 9.67. The summed E-state index contributed by atoms with van der Waals surface area (Å²) in [6, 6.07) is 18.0. The van der Waals surface area contributed by atoms with Crippen molar-refractivity contribution in [2.45, 2.75) is 13.5 Å². The minimum absolute atomic E-state index is 0.203. The van der Waals surface area contributed by atoms with Gasteiger partial charge in [0.1, 0.15) is 17.1 Å². The van der Waals surface area contributed by atoms with Crippen molar-refractivity contribution >= 4 is 16.9 Å². The van der Waals surface area contributed by atoms with Crippen LogP contribution in [0.15, 0.2) is 65.1 Å². The van der Waals surface area contributed by atoms with Crippen LogP contribution in [0.3, 0.4) is 0 Å². The van der Waals surface area contributed by atoms with Crippen LogP contribution < -0.4 is 14.2 Å². The fraction of sp³-hybridized carbons (Fsp3) is 0.192. The Labute approximate surface area is 191 Å². The van der Waals surface area contributed by atoms with E-state index in [1.165, 1.54) is 7.11 Å². The molecule has 0 aliphatic heterocycles. The van der Waals surface area contributed by atoms with Crippen molar-refractivity contribution < 1.29 is 33.3 Å². The van der Waals surface area contributed by atoms with E-state index in [1.807, 2.05) is 30.3 Å². The highest BCUT2D eigenvalue weighted by molar-refractivity contribution is 6.10. The van der Waals surface area contributed by atoms with Crippen molar-refractivity contribution in [1.29, 1.82) is 0 Å². The van der Waals surface area contributed by atoms with Crippen LogP contribution in [0.25, 0.3) is 22.3 Å². The number of esters is 1. The van der Waals surface area contributed by atoms with Gasteiger partial charge in [0.05, 0.1) is 27.4 Å². The molecule has 1 heterocycles. The first-order valence-corrected chi connectivity index (χ1v) is 10.4. The van der Waals surface area contributed by atoms with E-state index in [1.54, 1.807) is 44.4 Å². The van der Waals surface area contributed by atoms with Gasteiger partial charge in [-0.1, -0.05) is 18.2 Å². The number of ether oxygens (including phenoxy) is 4. The molecule has 1 aromatic heterocycles. The molecule has 0 spiro atoms. The lowest BCUT2D eigenvalue weighted by atomic mass is 10.0. The average Bonchev–Trinajstić information content (AvgIpc) is 3.24. The van der Waals surface area contributed by atoms with Crippen molar-refractivity contribution in [3.05, 3.63) is 71.8 Å². The van der Waals surface area contributed by atoms with Crippen LogP contribution in [0.1, 0.15) is 22.8 Å². The molecule has 0 fully saturated rings. The quantitative estimate of drug-likeness (QED) is 0.352. The summed E-state index contributed by atoms with van der Waals surface area (Å²) in [5.41, 5.74) is 1.82. The number of fused-ring (bicyclic) bond motifs is 1. The molecule has 170 valence electrons. The van der Waals surface area contributed by atoms with Crippen LogP contribution in [-0.4, -0.2) is 31.9 Å². The Kier molecular flexibility index (Phi) is 6.51. The Balaban J connectivity index is 1.87. The third-order valence-corrected chi connectivity index (χ3v) is 5.09. The number of furan rings is 1. The molecule has 0 amide bonds. The smallest absolute Gasteiger partial charge is 0.342 e. The SMILES string of the molecule is CCOC(=O)c1c(-c2ccc(Oc3ccccc3)c(OC)c2)oc2c(OC)cc(CO)cc12. The normalized spacial score (nSPS) is 10.8. The Morgan fingerprint density at radius 1 is 0.939 bits per heavy atom. The van der Waals surface area contributed by atoms with Gasteiger partial charge in [-0.25, -0.2) is 4.79 Å². The van der Waals surface area contributed by atoms with Gasteiger partial charge in [0, 0.05) is 10.9 Å². The average molecular weight is 448 g/mol. The number of aliphatic hydroxyl groups is 1. The van der Waals surface area contributed by atoms with Crippen LogP contribution in [-0.2, 0) is 11.3 Å². The highest BCUT2D eigenvalue weighted by atomic mass is 16.5. The van der Waals surface area contributed by atoms with E-state index < -0.39 is 5.97 Å². The maximum absolute atomic E-state index is 12.9. The minimum Gasteiger partial charge on any atom is -0.493 e. The summed E-state index contributed by atoms with van der Waals surface area (Å²) in [6.07, 6.45) is 0. The zero-order valence-electron chi connectivity index (χ0n) is 18.6. The minimum atomic E-state index is -0.535. The van der Waals surface area contributed by atoms with Crippen molar-refractivity contribution in [3.8, 4) is 34.3 Å². The predicted octanol–water partition coefficient (Wildman–Crippen LogP) is 5.58. The highest BCUT2D eigenvalue weighted by Crippen LogP contribution is 2.42. The van der Waals surface area contributed by atoms with Gasteiger partial charge in [0.15, 0.2) is 22.8 Å². The first-order valence-electron chi connectivity index (χ1n) is 10.4. The van der Waals surface area contributed by atoms with Gasteiger partial charge in [-0.15, -0.1) is 0 Å². The van der Waals surface area contributed by atoms with E-state index in [2.05, 4.69) is 0 Å². The van der Waals surface area contributed by atoms with E-state index in [4.69, 9.17) is 23.4 Å². The third kappa shape index (κ3) is 4.36. The zero-order chi connectivity index (χ0) is 23.4. The lowest BCUT2D eigenvalue weighted by molar-refractivity contribution is 0.0528. The van der Waals surface area contributed by atoms with Crippen LogP contribution in [0.2, 0.25) is 0 Å². The molecular weight excluding hydrogens is 424 g/mol. The first kappa shape index (κ1) is 22.2. The van der Waals surface area contributed by atoms with E-state index in [0.29, 0.717) is 50.9 Å². The van der Waals surface area contributed by atoms with Gasteiger partial charge < -0.3 is 28.5 Å². The number of rotatable bonds is 8. The summed E-state index contributed by atoms with van der Waals surface area (Å²) >= 11 is 0. The number of benzene rings is 3. The first-order chi connectivity index (χ1) is 16.1. The molecule has 7 nitrogen and oxygen atoms in total. The molecule has 0 aliphatic rings. The maximum atomic E-state index is 12.9. The fourth-order valence-corrected chi connectivity index (χ4v) is 3.59. The van der Waals surface area contributed by atoms with Crippen LogP contribution >= 0.6 is 0 Å². The summed E-state index contributed by atoms with van der Waals surface area (Å²) in [6.45, 7) is 1.72. The molecule has 0 saturated carbocycles. The van der Waals surface area contributed by atoms with Gasteiger partial charge in [-0.3, -0.25) is 0 Å². The summed E-state index contributed by atoms with van der Waals surface area (Å²) in [7, 11) is 3.04. The molecule has 0 saturated heterocycles. The standard InChI is InChI=1S/C26H24O7/c1-4-31-26(28)23-19-12-16(15-27)13-22(30-3)25(19)33-24(23)17-10-11-20(21(14-17)29-2)32-18-8-6-5-7-9-18/h5-14,27H,4,15H2,1-3H3. The molecule has 33 heavy (non-hydrogen) atoms. The Morgan fingerprint density at radius 2 is 1.70 bits per heavy atom. The monoisotopic (exact) mass is 448 g/mol. The molecular formula is C26H24O7. The molecule has 0 aliphatic carbocycles. The molecule has 4 rings (SSSR count). The largest absolute Gasteiger partial charge is 0.493 e. The second-order valence-corrected chi connectivity index (χ2v) is 7.14. The maximum Gasteiger partial charge on any atom is 0.342 e. The summed E-state index contributed by atoms with van der Waals surface area (Å²) < 4.78 is 28.4. The van der Waals surface area contributed by atoms with E-state index in [0.717, 1.165) is 0 Å². The van der Waals surface area contributed by atoms with Crippen molar-refractivity contribution in [3.63, 3.8) is 0 Å². The van der Waals surface area contributed by atoms with Gasteiger partial charge in [0.2, 0.25) is 0 Å². The molecule has 0 bridgehead atoms.